The van der Waals surface area contributed by atoms with Gasteiger partial charge in [-0.15, -0.1) is 0 Å². The minimum Gasteiger partial charge on any atom is -0.376 e. The average Bonchev–Trinajstić information content (AvgIpc) is 3.26. The molecule has 1 saturated carbocycles. The van der Waals surface area contributed by atoms with Crippen molar-refractivity contribution in [2.24, 2.45) is 0 Å². The number of thiazole rings is 1. The molecule has 1 aliphatic carbocycles. The Kier molecular flexibility index (Phi) is 5.35. The van der Waals surface area contributed by atoms with Gasteiger partial charge in [-0.2, -0.15) is 0 Å². The summed E-state index contributed by atoms with van der Waals surface area (Å²) < 4.78 is 5.71. The fourth-order valence-corrected chi connectivity index (χ4v) is 4.69. The number of nitrogens with one attached hydrogen (secondary N) is 2. The van der Waals surface area contributed by atoms with Crippen LogP contribution in [-0.4, -0.2) is 34.2 Å². The van der Waals surface area contributed by atoms with Crippen molar-refractivity contribution in [3.8, 4) is 10.6 Å². The van der Waals surface area contributed by atoms with Crippen LogP contribution in [0.1, 0.15) is 37.3 Å². The van der Waals surface area contributed by atoms with E-state index in [1.807, 2.05) is 30.3 Å². The van der Waals surface area contributed by atoms with E-state index in [1.54, 1.807) is 17.5 Å². The highest BCUT2D eigenvalue weighted by molar-refractivity contribution is 7.19. The van der Waals surface area contributed by atoms with Crippen LogP contribution < -0.4 is 10.6 Å². The van der Waals surface area contributed by atoms with Crippen molar-refractivity contribution in [3.05, 3.63) is 47.2 Å². The van der Waals surface area contributed by atoms with E-state index in [0.29, 0.717) is 23.0 Å². The van der Waals surface area contributed by atoms with Crippen molar-refractivity contribution < 1.29 is 4.74 Å². The molecule has 0 radical (unpaired) electrons. The van der Waals surface area contributed by atoms with Crippen molar-refractivity contribution in [1.29, 1.82) is 0 Å². The van der Waals surface area contributed by atoms with Gasteiger partial charge in [-0.05, 0) is 49.9 Å². The number of aromatic nitrogens is 3. The molecule has 1 saturated heterocycles. The molecule has 6 nitrogen and oxygen atoms in total. The lowest BCUT2D eigenvalue weighted by Crippen LogP contribution is -2.18. The third kappa shape index (κ3) is 4.52. The van der Waals surface area contributed by atoms with Gasteiger partial charge in [-0.3, -0.25) is 0 Å². The zero-order valence-corrected chi connectivity index (χ0v) is 17.5. The average molecular weight is 428 g/mol. The molecule has 1 unspecified atom stereocenters. The SMILES string of the molecule is Clc1cccc(Nc2nccc(-c3sc(NCC4CCCO4)nc3C3CC3)n2)c1. The largest absolute Gasteiger partial charge is 0.376 e. The molecule has 29 heavy (non-hydrogen) atoms. The molecule has 2 N–H and O–H groups in total. The van der Waals surface area contributed by atoms with Gasteiger partial charge in [-0.1, -0.05) is 29.0 Å². The topological polar surface area (TPSA) is 72.0 Å². The lowest BCUT2D eigenvalue weighted by molar-refractivity contribution is 0.120. The smallest absolute Gasteiger partial charge is 0.227 e. The summed E-state index contributed by atoms with van der Waals surface area (Å²) in [5.41, 5.74) is 2.91. The summed E-state index contributed by atoms with van der Waals surface area (Å²) in [6.45, 7) is 1.68. The lowest BCUT2D eigenvalue weighted by atomic mass is 10.2. The highest BCUT2D eigenvalue weighted by Crippen LogP contribution is 2.47. The maximum Gasteiger partial charge on any atom is 0.227 e. The number of nitrogens with zero attached hydrogens (tertiary/aromatic N) is 3. The Bertz CT molecular complexity index is 1000. The molecular formula is C21H22ClN5OS. The minimum atomic E-state index is 0.291. The van der Waals surface area contributed by atoms with Crippen LogP contribution in [0, 0.1) is 0 Å². The van der Waals surface area contributed by atoms with Crippen LogP contribution in [0.25, 0.3) is 10.6 Å². The first-order chi connectivity index (χ1) is 14.2. The summed E-state index contributed by atoms with van der Waals surface area (Å²) >= 11 is 7.74. The number of halogens is 1. The maximum absolute atomic E-state index is 6.08. The Balaban J connectivity index is 1.38. The van der Waals surface area contributed by atoms with Gasteiger partial charge in [-0.25, -0.2) is 15.0 Å². The normalized spacial score (nSPS) is 18.7. The van der Waals surface area contributed by atoms with E-state index < -0.39 is 0 Å². The fraction of sp³-hybridized carbons (Fsp3) is 0.381. The predicted molar refractivity (Wildman–Crippen MR) is 117 cm³/mol. The molecule has 3 aromatic rings. The van der Waals surface area contributed by atoms with E-state index in [1.165, 1.54) is 12.8 Å². The van der Waals surface area contributed by atoms with Gasteiger partial charge >= 0.3 is 0 Å². The molecule has 0 bridgehead atoms. The molecule has 2 aliphatic rings. The Hall–Kier alpha value is -2.22. The summed E-state index contributed by atoms with van der Waals surface area (Å²) in [5, 5.41) is 8.32. The Morgan fingerprint density at radius 3 is 2.90 bits per heavy atom. The molecule has 8 heteroatoms. The maximum atomic E-state index is 6.08. The van der Waals surface area contributed by atoms with Gasteiger partial charge in [0.05, 0.1) is 22.4 Å². The molecule has 0 amide bonds. The number of anilines is 3. The van der Waals surface area contributed by atoms with Gasteiger partial charge in [0.15, 0.2) is 5.13 Å². The molecule has 150 valence electrons. The van der Waals surface area contributed by atoms with Gasteiger partial charge in [0, 0.05) is 36.0 Å². The number of benzene rings is 1. The van der Waals surface area contributed by atoms with Crippen molar-refractivity contribution in [1.82, 2.24) is 15.0 Å². The third-order valence-corrected chi connectivity index (χ3v) is 6.38. The second-order valence-corrected chi connectivity index (χ2v) is 8.86. The number of hydrogen-bond acceptors (Lipinski definition) is 7. The standard InChI is InChI=1S/C21H22ClN5OS/c22-14-3-1-4-15(11-14)25-20-23-9-8-17(26-20)19-18(13-6-7-13)27-21(29-19)24-12-16-5-2-10-28-16/h1,3-4,8-9,11,13,16H,2,5-7,10,12H2,(H,24,27)(H,23,25,26). The molecule has 3 heterocycles. The second-order valence-electron chi connectivity index (χ2n) is 7.42. The van der Waals surface area contributed by atoms with E-state index in [4.69, 9.17) is 26.3 Å². The van der Waals surface area contributed by atoms with Crippen molar-refractivity contribution in [2.45, 2.75) is 37.7 Å². The highest BCUT2D eigenvalue weighted by Gasteiger charge is 2.31. The Labute approximate surface area is 178 Å². The molecule has 1 aromatic carbocycles. The van der Waals surface area contributed by atoms with Gasteiger partial charge in [0.1, 0.15) is 0 Å². The van der Waals surface area contributed by atoms with Crippen LogP contribution in [0.3, 0.4) is 0 Å². The van der Waals surface area contributed by atoms with Crippen LogP contribution in [0.4, 0.5) is 16.8 Å². The second kappa shape index (κ2) is 8.26. The van der Waals surface area contributed by atoms with E-state index in [2.05, 4.69) is 15.6 Å². The van der Waals surface area contributed by atoms with E-state index in [-0.39, 0.29) is 0 Å². The van der Waals surface area contributed by atoms with Crippen LogP contribution >= 0.6 is 22.9 Å². The van der Waals surface area contributed by atoms with Gasteiger partial charge in [0.2, 0.25) is 5.95 Å². The third-order valence-electron chi connectivity index (χ3n) is 5.09. The van der Waals surface area contributed by atoms with Crippen molar-refractivity contribution in [3.63, 3.8) is 0 Å². The number of hydrogen-bond donors (Lipinski definition) is 2. The number of rotatable bonds is 7. The molecular weight excluding hydrogens is 406 g/mol. The lowest BCUT2D eigenvalue weighted by Gasteiger charge is -2.09. The zero-order chi connectivity index (χ0) is 19.6. The van der Waals surface area contributed by atoms with Crippen LogP contribution in [-0.2, 0) is 4.74 Å². The molecule has 2 aromatic heterocycles. The summed E-state index contributed by atoms with van der Waals surface area (Å²) in [6, 6.07) is 9.49. The Morgan fingerprint density at radius 1 is 1.17 bits per heavy atom. The summed E-state index contributed by atoms with van der Waals surface area (Å²) in [4.78, 5) is 15.1. The van der Waals surface area contributed by atoms with Gasteiger partial charge < -0.3 is 15.4 Å². The van der Waals surface area contributed by atoms with Crippen LogP contribution in [0.15, 0.2) is 36.5 Å². The van der Waals surface area contributed by atoms with Crippen molar-refractivity contribution >= 4 is 39.7 Å². The molecule has 1 aliphatic heterocycles. The van der Waals surface area contributed by atoms with E-state index >= 15 is 0 Å². The summed E-state index contributed by atoms with van der Waals surface area (Å²) in [5.74, 6) is 1.09. The molecule has 5 rings (SSSR count). The zero-order valence-electron chi connectivity index (χ0n) is 15.9. The first kappa shape index (κ1) is 18.8. The molecule has 1 atom stereocenters. The quantitative estimate of drug-likeness (QED) is 0.521. The molecule has 2 fully saturated rings. The van der Waals surface area contributed by atoms with Crippen LogP contribution in [0.2, 0.25) is 5.02 Å². The highest BCUT2D eigenvalue weighted by atomic mass is 35.5. The fourth-order valence-electron chi connectivity index (χ4n) is 3.47. The van der Waals surface area contributed by atoms with Crippen molar-refractivity contribution in [2.75, 3.05) is 23.8 Å². The summed E-state index contributed by atoms with van der Waals surface area (Å²) in [6.07, 6.45) is 6.73. The monoisotopic (exact) mass is 427 g/mol. The Morgan fingerprint density at radius 2 is 2.10 bits per heavy atom. The predicted octanol–water partition coefficient (Wildman–Crippen LogP) is 5.47. The first-order valence-electron chi connectivity index (χ1n) is 9.97. The minimum absolute atomic E-state index is 0.291. The van der Waals surface area contributed by atoms with Crippen LogP contribution in [0.5, 0.6) is 0 Å². The van der Waals surface area contributed by atoms with Gasteiger partial charge in [0.25, 0.3) is 0 Å². The number of ether oxygens (including phenoxy) is 1. The summed E-state index contributed by atoms with van der Waals surface area (Å²) in [7, 11) is 0. The van der Waals surface area contributed by atoms with E-state index in [9.17, 15) is 0 Å². The first-order valence-corrected chi connectivity index (χ1v) is 11.2. The molecule has 0 spiro atoms. The van der Waals surface area contributed by atoms with E-state index in [0.717, 1.165) is 53.1 Å².